The van der Waals surface area contributed by atoms with Crippen LogP contribution in [0.1, 0.15) is 37.0 Å². The van der Waals surface area contributed by atoms with Gasteiger partial charge in [0.1, 0.15) is 11.6 Å². The van der Waals surface area contributed by atoms with Gasteiger partial charge < -0.3 is 25.4 Å². The molecule has 5 rings (SSSR count). The molecule has 2 aromatic rings. The number of nitrogens with one attached hydrogen (secondary N) is 2. The Hall–Kier alpha value is -3.23. The summed E-state index contributed by atoms with van der Waals surface area (Å²) in [4.78, 5) is 43.3. The summed E-state index contributed by atoms with van der Waals surface area (Å²) in [5, 5.41) is 16.4. The summed E-state index contributed by atoms with van der Waals surface area (Å²) in [5.41, 5.74) is 1.41. The molecular formula is C30H37N3O5. The van der Waals surface area contributed by atoms with E-state index in [9.17, 15) is 19.5 Å². The minimum absolute atomic E-state index is 0.0500. The lowest BCUT2D eigenvalue weighted by molar-refractivity contribution is -0.149. The summed E-state index contributed by atoms with van der Waals surface area (Å²) in [5.74, 6) is -2.54. The van der Waals surface area contributed by atoms with Crippen LogP contribution in [-0.4, -0.2) is 64.7 Å². The van der Waals surface area contributed by atoms with Crippen molar-refractivity contribution in [3.63, 3.8) is 0 Å². The topological polar surface area (TPSA) is 108 Å². The van der Waals surface area contributed by atoms with Gasteiger partial charge in [0.25, 0.3) is 0 Å². The summed E-state index contributed by atoms with van der Waals surface area (Å²) < 4.78 is 6.73. The number of nitrogens with zero attached hydrogens (tertiary/aromatic N) is 1. The largest absolute Gasteiger partial charge is 0.394 e. The van der Waals surface area contributed by atoms with Crippen LogP contribution in [0, 0.1) is 31.6 Å². The molecule has 38 heavy (non-hydrogen) atoms. The van der Waals surface area contributed by atoms with E-state index in [4.69, 9.17) is 4.74 Å². The number of likely N-dealkylation sites (tertiary alicyclic amines) is 1. The van der Waals surface area contributed by atoms with E-state index in [1.54, 1.807) is 7.05 Å². The zero-order chi connectivity index (χ0) is 27.4. The molecule has 3 aliphatic heterocycles. The highest BCUT2D eigenvalue weighted by Crippen LogP contribution is 2.65. The van der Waals surface area contributed by atoms with E-state index in [1.165, 1.54) is 4.90 Å². The lowest BCUT2D eigenvalue weighted by Crippen LogP contribution is -2.57. The van der Waals surface area contributed by atoms with Gasteiger partial charge in [-0.15, -0.1) is 0 Å². The molecule has 7 atom stereocenters. The second-order valence-corrected chi connectivity index (χ2v) is 11.3. The van der Waals surface area contributed by atoms with Crippen LogP contribution in [0.2, 0.25) is 0 Å². The molecule has 0 saturated carbocycles. The van der Waals surface area contributed by atoms with E-state index in [0.29, 0.717) is 18.5 Å². The molecule has 8 nitrogen and oxygen atoms in total. The van der Waals surface area contributed by atoms with Gasteiger partial charge in [-0.1, -0.05) is 55.5 Å². The first-order valence-electron chi connectivity index (χ1n) is 13.3. The molecule has 3 heterocycles. The van der Waals surface area contributed by atoms with Crippen LogP contribution in [0.4, 0.5) is 5.69 Å². The molecular weight excluding hydrogens is 482 g/mol. The molecule has 0 aromatic heterocycles. The fourth-order valence-corrected chi connectivity index (χ4v) is 7.27. The fourth-order valence-electron chi connectivity index (χ4n) is 7.27. The first-order valence-corrected chi connectivity index (χ1v) is 13.3. The van der Waals surface area contributed by atoms with Crippen molar-refractivity contribution in [2.24, 2.45) is 17.8 Å². The van der Waals surface area contributed by atoms with Gasteiger partial charge in [0, 0.05) is 12.7 Å². The van der Waals surface area contributed by atoms with Crippen molar-refractivity contribution in [2.75, 3.05) is 19.0 Å². The van der Waals surface area contributed by atoms with Crippen molar-refractivity contribution in [1.29, 1.82) is 0 Å². The molecule has 202 valence electrons. The fraction of sp³-hybridized carbons (Fsp3) is 0.500. The molecule has 3 saturated heterocycles. The first kappa shape index (κ1) is 26.4. The predicted octanol–water partition coefficient (Wildman–Crippen LogP) is 2.60. The van der Waals surface area contributed by atoms with Gasteiger partial charge in [0.05, 0.1) is 30.1 Å². The summed E-state index contributed by atoms with van der Waals surface area (Å²) in [6.45, 7) is 7.43. The number of benzene rings is 2. The number of hydrogen-bond donors (Lipinski definition) is 3. The zero-order valence-corrected chi connectivity index (χ0v) is 22.7. The lowest BCUT2D eigenvalue weighted by Gasteiger charge is -2.37. The quantitative estimate of drug-likeness (QED) is 0.521. The second kappa shape index (κ2) is 9.50. The number of ether oxygens (including phenoxy) is 1. The average Bonchev–Trinajstić information content (AvgIpc) is 3.41. The van der Waals surface area contributed by atoms with Crippen LogP contribution >= 0.6 is 0 Å². The Balaban J connectivity index is 1.62. The number of carbonyl (C=O) groups excluding carboxylic acids is 3. The zero-order valence-electron chi connectivity index (χ0n) is 22.7. The van der Waals surface area contributed by atoms with Gasteiger partial charge in [0.2, 0.25) is 17.7 Å². The number of hydrogen-bond acceptors (Lipinski definition) is 5. The normalized spacial score (nSPS) is 32.3. The monoisotopic (exact) mass is 519 g/mol. The van der Waals surface area contributed by atoms with Crippen LogP contribution in [0.5, 0.6) is 0 Å². The Labute approximate surface area is 223 Å². The number of amides is 3. The van der Waals surface area contributed by atoms with Crippen molar-refractivity contribution in [3.8, 4) is 0 Å². The molecule has 3 unspecified atom stereocenters. The summed E-state index contributed by atoms with van der Waals surface area (Å²) in [7, 11) is 1.56. The number of rotatable bonds is 7. The maximum atomic E-state index is 14.3. The number of para-hydroxylation sites is 1. The number of carbonyl (C=O) groups is 3. The maximum Gasteiger partial charge on any atom is 0.250 e. The van der Waals surface area contributed by atoms with Crippen LogP contribution in [0.15, 0.2) is 48.5 Å². The Bertz CT molecular complexity index is 1250. The van der Waals surface area contributed by atoms with E-state index in [0.717, 1.165) is 16.7 Å². The first-order chi connectivity index (χ1) is 18.1. The smallest absolute Gasteiger partial charge is 0.250 e. The third-order valence-electron chi connectivity index (χ3n) is 9.18. The summed E-state index contributed by atoms with van der Waals surface area (Å²) in [6, 6.07) is 13.7. The van der Waals surface area contributed by atoms with Crippen LogP contribution in [0.25, 0.3) is 0 Å². The van der Waals surface area contributed by atoms with Gasteiger partial charge in [-0.2, -0.15) is 0 Å². The number of aliphatic hydroxyl groups excluding tert-OH is 1. The van der Waals surface area contributed by atoms with Gasteiger partial charge in [-0.25, -0.2) is 0 Å². The summed E-state index contributed by atoms with van der Waals surface area (Å²) in [6.07, 6.45) is 0.842. The van der Waals surface area contributed by atoms with Gasteiger partial charge in [0.15, 0.2) is 0 Å². The molecule has 3 aliphatic rings. The Morgan fingerprint density at radius 2 is 1.76 bits per heavy atom. The molecule has 8 heteroatoms. The Kier molecular flexibility index (Phi) is 6.60. The number of aliphatic hydroxyl groups is 1. The van der Waals surface area contributed by atoms with Gasteiger partial charge >= 0.3 is 0 Å². The third kappa shape index (κ3) is 3.76. The number of fused-ring (bicyclic) bond motifs is 1. The molecule has 3 N–H and O–H groups in total. The Morgan fingerprint density at radius 1 is 1.11 bits per heavy atom. The maximum absolute atomic E-state index is 14.3. The SMILES string of the molecule is CNC(=O)[C@H]1[C@H]2C(=O)N([C@@H](CO)Cc3ccccc3)C(C(=O)Nc3c(C)cccc3C)C23CC(C)[C@]1(C)O3. The van der Waals surface area contributed by atoms with Crippen LogP contribution in [0.3, 0.4) is 0 Å². The lowest BCUT2D eigenvalue weighted by atomic mass is 9.62. The molecule has 2 aromatic carbocycles. The molecule has 3 fully saturated rings. The molecule has 2 bridgehead atoms. The van der Waals surface area contributed by atoms with E-state index >= 15 is 0 Å². The van der Waals surface area contributed by atoms with E-state index in [-0.39, 0.29) is 30.2 Å². The highest BCUT2D eigenvalue weighted by molar-refractivity contribution is 6.04. The van der Waals surface area contributed by atoms with E-state index in [1.807, 2.05) is 76.2 Å². The molecule has 1 spiro atoms. The van der Waals surface area contributed by atoms with E-state index in [2.05, 4.69) is 10.6 Å². The average molecular weight is 520 g/mol. The predicted molar refractivity (Wildman–Crippen MR) is 143 cm³/mol. The van der Waals surface area contributed by atoms with Crippen molar-refractivity contribution < 1.29 is 24.2 Å². The molecule has 0 aliphatic carbocycles. The third-order valence-corrected chi connectivity index (χ3v) is 9.18. The molecule has 0 radical (unpaired) electrons. The standard InChI is InChI=1S/C30H37N3O5/c1-17-10-9-11-18(2)24(17)32-27(36)25-30-15-19(3)29(4,38-30)22(26(35)31-5)23(30)28(37)33(25)21(16-34)14-20-12-7-6-8-13-20/h6-13,19,21-23,25,34H,14-16H2,1-5H3,(H,31,35)(H,32,36)/t19?,21-,22-,23+,25?,29+,30?/m1/s1. The van der Waals surface area contributed by atoms with Crippen molar-refractivity contribution >= 4 is 23.4 Å². The highest BCUT2D eigenvalue weighted by atomic mass is 16.5. The van der Waals surface area contributed by atoms with Crippen molar-refractivity contribution in [2.45, 2.75) is 63.8 Å². The molecule has 3 amide bonds. The second-order valence-electron chi connectivity index (χ2n) is 11.3. The van der Waals surface area contributed by atoms with Crippen LogP contribution < -0.4 is 10.6 Å². The number of aryl methyl sites for hydroxylation is 2. The summed E-state index contributed by atoms with van der Waals surface area (Å²) >= 11 is 0. The highest BCUT2D eigenvalue weighted by Gasteiger charge is 2.80. The van der Waals surface area contributed by atoms with E-state index < -0.39 is 35.1 Å². The number of anilines is 1. The minimum atomic E-state index is -1.17. The van der Waals surface area contributed by atoms with Crippen LogP contribution in [-0.2, 0) is 25.5 Å². The van der Waals surface area contributed by atoms with Gasteiger partial charge in [-0.05, 0) is 56.2 Å². The Morgan fingerprint density at radius 3 is 2.37 bits per heavy atom. The van der Waals surface area contributed by atoms with Gasteiger partial charge in [-0.3, -0.25) is 14.4 Å². The van der Waals surface area contributed by atoms with Crippen molar-refractivity contribution in [1.82, 2.24) is 10.2 Å². The minimum Gasteiger partial charge on any atom is -0.394 e. The van der Waals surface area contributed by atoms with Crippen molar-refractivity contribution in [3.05, 3.63) is 65.2 Å².